The van der Waals surface area contributed by atoms with Crippen LogP contribution in [0, 0.1) is 5.92 Å². The maximum atomic E-state index is 12.0. The smallest absolute Gasteiger partial charge is 0.234 e. The van der Waals surface area contributed by atoms with E-state index in [2.05, 4.69) is 15.5 Å². The molecule has 1 saturated heterocycles. The number of hydrogen-bond donors (Lipinski definition) is 2. The summed E-state index contributed by atoms with van der Waals surface area (Å²) in [6, 6.07) is 0.722. The maximum Gasteiger partial charge on any atom is 0.234 e. The molecule has 0 aromatic heterocycles. The fourth-order valence-corrected chi connectivity index (χ4v) is 3.45. The van der Waals surface area contributed by atoms with Gasteiger partial charge in [0.15, 0.2) is 0 Å². The van der Waals surface area contributed by atoms with Crippen LogP contribution in [0.4, 0.5) is 0 Å². The maximum absolute atomic E-state index is 12.0. The van der Waals surface area contributed by atoms with E-state index in [1.165, 1.54) is 12.8 Å². The van der Waals surface area contributed by atoms with Crippen molar-refractivity contribution in [3.05, 3.63) is 0 Å². The molecule has 3 rings (SSSR count). The molecule has 5 nitrogen and oxygen atoms in total. The van der Waals surface area contributed by atoms with Crippen molar-refractivity contribution in [2.75, 3.05) is 19.6 Å². The van der Waals surface area contributed by atoms with E-state index < -0.39 is 0 Å². The summed E-state index contributed by atoms with van der Waals surface area (Å²) in [7, 11) is 0. The first-order valence-electron chi connectivity index (χ1n) is 8.53. The molecule has 0 spiro atoms. The summed E-state index contributed by atoms with van der Waals surface area (Å²) in [6.07, 6.45) is 8.83. The minimum Gasteiger partial charge on any atom is -0.353 e. The SMILES string of the molecule is O=C(CN1CCC(NC(=O)C2CC2)CC1)NC1CCCC1. The third-order valence-electron chi connectivity index (χ3n) is 4.97. The van der Waals surface area contributed by atoms with Gasteiger partial charge in [0, 0.05) is 31.1 Å². The van der Waals surface area contributed by atoms with Crippen molar-refractivity contribution in [1.82, 2.24) is 15.5 Å². The number of carbonyl (C=O) groups is 2. The number of likely N-dealkylation sites (tertiary alicyclic amines) is 1. The average molecular weight is 293 g/mol. The van der Waals surface area contributed by atoms with E-state index in [-0.39, 0.29) is 11.8 Å². The third-order valence-corrected chi connectivity index (χ3v) is 4.97. The Labute approximate surface area is 126 Å². The molecule has 2 N–H and O–H groups in total. The lowest BCUT2D eigenvalue weighted by Crippen LogP contribution is -2.48. The summed E-state index contributed by atoms with van der Waals surface area (Å²) < 4.78 is 0. The van der Waals surface area contributed by atoms with E-state index in [1.807, 2.05) is 0 Å². The lowest BCUT2D eigenvalue weighted by atomic mass is 10.0. The Morgan fingerprint density at radius 2 is 1.48 bits per heavy atom. The highest BCUT2D eigenvalue weighted by molar-refractivity contribution is 5.81. The van der Waals surface area contributed by atoms with Gasteiger partial charge in [-0.25, -0.2) is 0 Å². The van der Waals surface area contributed by atoms with Crippen LogP contribution in [0.1, 0.15) is 51.4 Å². The summed E-state index contributed by atoms with van der Waals surface area (Å²) in [4.78, 5) is 26.0. The van der Waals surface area contributed by atoms with Gasteiger partial charge in [0.2, 0.25) is 11.8 Å². The van der Waals surface area contributed by atoms with Crippen molar-refractivity contribution in [1.29, 1.82) is 0 Å². The van der Waals surface area contributed by atoms with Crippen LogP contribution in [0.5, 0.6) is 0 Å². The second-order valence-corrected chi connectivity index (χ2v) is 6.88. The molecule has 1 heterocycles. The molecule has 2 aliphatic carbocycles. The summed E-state index contributed by atoms with van der Waals surface area (Å²) in [6.45, 7) is 2.33. The molecule has 0 atom stereocenters. The molecule has 5 heteroatoms. The zero-order valence-electron chi connectivity index (χ0n) is 12.8. The van der Waals surface area contributed by atoms with Crippen molar-refractivity contribution in [2.24, 2.45) is 5.92 Å². The molecule has 3 aliphatic rings. The van der Waals surface area contributed by atoms with Gasteiger partial charge >= 0.3 is 0 Å². The molecule has 0 bridgehead atoms. The van der Waals surface area contributed by atoms with Crippen LogP contribution in [0.15, 0.2) is 0 Å². The topological polar surface area (TPSA) is 61.4 Å². The van der Waals surface area contributed by atoms with Crippen LogP contribution in [-0.2, 0) is 9.59 Å². The Balaban J connectivity index is 1.33. The summed E-state index contributed by atoms with van der Waals surface area (Å²) >= 11 is 0. The average Bonchev–Trinajstić information content (AvgIpc) is 3.20. The molecule has 2 saturated carbocycles. The first kappa shape index (κ1) is 14.8. The second kappa shape index (κ2) is 6.77. The summed E-state index contributed by atoms with van der Waals surface area (Å²) in [5.41, 5.74) is 0. The van der Waals surface area contributed by atoms with E-state index in [0.717, 1.165) is 51.6 Å². The van der Waals surface area contributed by atoms with E-state index in [4.69, 9.17) is 0 Å². The molecule has 3 fully saturated rings. The van der Waals surface area contributed by atoms with E-state index in [1.54, 1.807) is 0 Å². The zero-order valence-corrected chi connectivity index (χ0v) is 12.8. The van der Waals surface area contributed by atoms with Crippen LogP contribution in [0.25, 0.3) is 0 Å². The molecule has 21 heavy (non-hydrogen) atoms. The van der Waals surface area contributed by atoms with Gasteiger partial charge in [-0.05, 0) is 38.5 Å². The molecule has 0 aromatic carbocycles. The van der Waals surface area contributed by atoms with Gasteiger partial charge in [0.1, 0.15) is 0 Å². The lowest BCUT2D eigenvalue weighted by molar-refractivity contribution is -0.125. The molecule has 0 aromatic rings. The first-order valence-corrected chi connectivity index (χ1v) is 8.53. The molecule has 0 unspecified atom stereocenters. The molecule has 2 amide bonds. The number of amides is 2. The molecule has 118 valence electrons. The molecule has 0 radical (unpaired) electrons. The van der Waals surface area contributed by atoms with Gasteiger partial charge in [-0.15, -0.1) is 0 Å². The lowest BCUT2D eigenvalue weighted by Gasteiger charge is -2.32. The van der Waals surface area contributed by atoms with Crippen molar-refractivity contribution in [2.45, 2.75) is 63.5 Å². The Bertz CT molecular complexity index is 381. The number of carbonyl (C=O) groups excluding carboxylic acids is 2. The largest absolute Gasteiger partial charge is 0.353 e. The fraction of sp³-hybridized carbons (Fsp3) is 0.875. The predicted octanol–water partition coefficient (Wildman–Crippen LogP) is 1.04. The van der Waals surface area contributed by atoms with Crippen LogP contribution in [0.3, 0.4) is 0 Å². The van der Waals surface area contributed by atoms with Crippen molar-refractivity contribution >= 4 is 11.8 Å². The standard InChI is InChI=1S/C16H27N3O2/c20-15(17-13-3-1-2-4-13)11-19-9-7-14(8-10-19)18-16(21)12-5-6-12/h12-14H,1-11H2,(H,17,20)(H,18,21). The van der Waals surface area contributed by atoms with Gasteiger partial charge in [-0.2, -0.15) is 0 Å². The minimum absolute atomic E-state index is 0.169. The van der Waals surface area contributed by atoms with E-state index in [0.29, 0.717) is 24.5 Å². The highest BCUT2D eigenvalue weighted by Gasteiger charge is 2.32. The second-order valence-electron chi connectivity index (χ2n) is 6.88. The first-order chi connectivity index (χ1) is 10.2. The summed E-state index contributed by atoms with van der Waals surface area (Å²) in [5.74, 6) is 0.704. The quantitative estimate of drug-likeness (QED) is 0.796. The Morgan fingerprint density at radius 3 is 2.10 bits per heavy atom. The van der Waals surface area contributed by atoms with Crippen LogP contribution in [0.2, 0.25) is 0 Å². The third kappa shape index (κ3) is 4.43. The van der Waals surface area contributed by atoms with E-state index in [9.17, 15) is 9.59 Å². The number of nitrogens with zero attached hydrogens (tertiary/aromatic N) is 1. The van der Waals surface area contributed by atoms with Gasteiger partial charge in [0.05, 0.1) is 6.54 Å². The van der Waals surface area contributed by atoms with Crippen molar-refractivity contribution in [3.63, 3.8) is 0 Å². The fourth-order valence-electron chi connectivity index (χ4n) is 3.45. The monoisotopic (exact) mass is 293 g/mol. The normalized spacial score (nSPS) is 25.0. The van der Waals surface area contributed by atoms with Gasteiger partial charge < -0.3 is 10.6 Å². The number of piperidine rings is 1. The minimum atomic E-state index is 0.169. The highest BCUT2D eigenvalue weighted by atomic mass is 16.2. The van der Waals surface area contributed by atoms with Gasteiger partial charge in [-0.1, -0.05) is 12.8 Å². The number of rotatable bonds is 5. The van der Waals surface area contributed by atoms with Crippen LogP contribution in [-0.4, -0.2) is 48.4 Å². The summed E-state index contributed by atoms with van der Waals surface area (Å²) in [5, 5.41) is 6.29. The number of nitrogens with one attached hydrogen (secondary N) is 2. The van der Waals surface area contributed by atoms with Crippen molar-refractivity contribution in [3.8, 4) is 0 Å². The molecular formula is C16H27N3O2. The highest BCUT2D eigenvalue weighted by Crippen LogP contribution is 2.29. The molecule has 1 aliphatic heterocycles. The van der Waals surface area contributed by atoms with Gasteiger partial charge in [-0.3, -0.25) is 14.5 Å². The van der Waals surface area contributed by atoms with E-state index >= 15 is 0 Å². The zero-order chi connectivity index (χ0) is 14.7. The predicted molar refractivity (Wildman–Crippen MR) is 80.7 cm³/mol. The Kier molecular flexibility index (Phi) is 4.78. The van der Waals surface area contributed by atoms with Crippen molar-refractivity contribution < 1.29 is 9.59 Å². The van der Waals surface area contributed by atoms with Gasteiger partial charge in [0.25, 0.3) is 0 Å². The Hall–Kier alpha value is -1.10. The molecular weight excluding hydrogens is 266 g/mol. The van der Waals surface area contributed by atoms with Crippen LogP contribution >= 0.6 is 0 Å². The Morgan fingerprint density at radius 1 is 0.857 bits per heavy atom. The number of hydrogen-bond acceptors (Lipinski definition) is 3. The van der Waals surface area contributed by atoms with Crippen LogP contribution < -0.4 is 10.6 Å².